The van der Waals surface area contributed by atoms with Gasteiger partial charge in [0.05, 0.1) is 11.6 Å². The molecule has 0 radical (unpaired) electrons. The Hall–Kier alpha value is -3.74. The third-order valence-electron chi connectivity index (χ3n) is 5.78. The van der Waals surface area contributed by atoms with E-state index < -0.39 is 0 Å². The lowest BCUT2D eigenvalue weighted by atomic mass is 10.0. The lowest BCUT2D eigenvalue weighted by Gasteiger charge is -2.14. The number of pyridine rings is 3. The van der Waals surface area contributed by atoms with E-state index in [0.29, 0.717) is 11.3 Å². The molecule has 30 heavy (non-hydrogen) atoms. The average Bonchev–Trinajstić information content (AvgIpc) is 3.40. The van der Waals surface area contributed by atoms with E-state index in [9.17, 15) is 9.59 Å². The molecule has 4 heterocycles. The highest BCUT2D eigenvalue weighted by Crippen LogP contribution is 2.33. The van der Waals surface area contributed by atoms with Gasteiger partial charge < -0.3 is 14.9 Å². The van der Waals surface area contributed by atoms with Gasteiger partial charge in [0.25, 0.3) is 5.56 Å². The minimum atomic E-state index is -0.214. The number of carbonyl (C=O) groups is 1. The van der Waals surface area contributed by atoms with Gasteiger partial charge in [0, 0.05) is 42.3 Å². The molecule has 0 saturated heterocycles. The zero-order chi connectivity index (χ0) is 20.8. The molecule has 0 aromatic carbocycles. The molecular formula is C23H21N5O2. The number of aromatic amines is 1. The maximum Gasteiger partial charge on any atom is 0.274 e. The van der Waals surface area contributed by atoms with Crippen molar-refractivity contribution in [3.63, 3.8) is 0 Å². The van der Waals surface area contributed by atoms with Crippen molar-refractivity contribution in [1.29, 1.82) is 0 Å². The Kier molecular flexibility index (Phi) is 4.24. The topological polar surface area (TPSA) is 92.7 Å². The van der Waals surface area contributed by atoms with Gasteiger partial charge in [-0.25, -0.2) is 4.98 Å². The summed E-state index contributed by atoms with van der Waals surface area (Å²) >= 11 is 0. The van der Waals surface area contributed by atoms with E-state index in [1.807, 2.05) is 37.3 Å². The van der Waals surface area contributed by atoms with Crippen LogP contribution in [0.3, 0.4) is 0 Å². The highest BCUT2D eigenvalue weighted by atomic mass is 16.2. The van der Waals surface area contributed by atoms with Crippen LogP contribution in [0.4, 0.5) is 5.82 Å². The van der Waals surface area contributed by atoms with Crippen molar-refractivity contribution in [3.8, 4) is 11.3 Å². The number of rotatable bonds is 3. The quantitative estimate of drug-likeness (QED) is 0.553. The molecular weight excluding hydrogens is 378 g/mol. The first-order chi connectivity index (χ1) is 14.5. The summed E-state index contributed by atoms with van der Waals surface area (Å²) in [6, 6.07) is 9.47. The zero-order valence-electron chi connectivity index (χ0n) is 16.8. The summed E-state index contributed by atoms with van der Waals surface area (Å²) < 4.78 is 1.54. The highest BCUT2D eigenvalue weighted by molar-refractivity contribution is 5.97. The number of aryl methyl sites for hydroxylation is 3. The molecule has 4 aromatic heterocycles. The Balaban J connectivity index is 1.51. The van der Waals surface area contributed by atoms with Gasteiger partial charge in [-0.3, -0.25) is 14.6 Å². The van der Waals surface area contributed by atoms with Crippen molar-refractivity contribution in [1.82, 2.24) is 19.5 Å². The Morgan fingerprint density at radius 3 is 3.00 bits per heavy atom. The molecule has 1 amide bonds. The lowest BCUT2D eigenvalue weighted by molar-refractivity contribution is -0.117. The molecule has 0 saturated carbocycles. The average molecular weight is 399 g/mol. The van der Waals surface area contributed by atoms with Gasteiger partial charge in [-0.1, -0.05) is 12.1 Å². The van der Waals surface area contributed by atoms with E-state index in [1.54, 1.807) is 30.2 Å². The van der Waals surface area contributed by atoms with E-state index in [4.69, 9.17) is 4.98 Å². The van der Waals surface area contributed by atoms with Gasteiger partial charge in [-0.2, -0.15) is 0 Å². The van der Waals surface area contributed by atoms with E-state index in [-0.39, 0.29) is 17.4 Å². The molecule has 5 rings (SSSR count). The van der Waals surface area contributed by atoms with E-state index in [0.717, 1.165) is 46.3 Å². The number of fused-ring (bicyclic) bond motifs is 2. The van der Waals surface area contributed by atoms with Gasteiger partial charge >= 0.3 is 0 Å². The molecule has 2 N–H and O–H groups in total. The van der Waals surface area contributed by atoms with Gasteiger partial charge in [0.2, 0.25) is 5.91 Å². The minimum absolute atomic E-state index is 0.0729. The molecule has 0 aliphatic heterocycles. The Morgan fingerprint density at radius 2 is 2.13 bits per heavy atom. The molecule has 0 fully saturated rings. The van der Waals surface area contributed by atoms with Crippen LogP contribution in [-0.2, 0) is 18.3 Å². The zero-order valence-corrected chi connectivity index (χ0v) is 16.8. The number of nitrogens with zero attached hydrogens (tertiary/aromatic N) is 3. The Bertz CT molecular complexity index is 1350. The number of anilines is 1. The fourth-order valence-electron chi connectivity index (χ4n) is 4.23. The van der Waals surface area contributed by atoms with Crippen LogP contribution in [0.2, 0.25) is 0 Å². The van der Waals surface area contributed by atoms with Crippen LogP contribution in [0.1, 0.15) is 29.2 Å². The third kappa shape index (κ3) is 2.90. The van der Waals surface area contributed by atoms with Crippen molar-refractivity contribution >= 4 is 22.6 Å². The fraction of sp³-hybridized carbons (Fsp3) is 0.217. The van der Waals surface area contributed by atoms with Crippen LogP contribution in [0, 0.1) is 6.92 Å². The molecule has 7 nitrogen and oxygen atoms in total. The number of hydrogen-bond acceptors (Lipinski definition) is 4. The smallest absolute Gasteiger partial charge is 0.274 e. The first-order valence-corrected chi connectivity index (χ1v) is 9.92. The molecule has 150 valence electrons. The number of nitrogens with one attached hydrogen (secondary N) is 2. The number of hydrogen-bond donors (Lipinski definition) is 2. The maximum absolute atomic E-state index is 13.0. The highest BCUT2D eigenvalue weighted by Gasteiger charge is 2.29. The van der Waals surface area contributed by atoms with Gasteiger partial charge in [0.1, 0.15) is 11.3 Å². The summed E-state index contributed by atoms with van der Waals surface area (Å²) in [4.78, 5) is 37.4. The van der Waals surface area contributed by atoms with Gasteiger partial charge in [-0.15, -0.1) is 0 Å². The molecule has 1 unspecified atom stereocenters. The van der Waals surface area contributed by atoms with Crippen LogP contribution in [0.25, 0.3) is 22.2 Å². The number of aromatic nitrogens is 4. The lowest BCUT2D eigenvalue weighted by Crippen LogP contribution is -2.20. The second kappa shape index (κ2) is 6.95. The predicted octanol–water partition coefficient (Wildman–Crippen LogP) is 3.30. The van der Waals surface area contributed by atoms with E-state index in [2.05, 4.69) is 15.3 Å². The molecule has 0 bridgehead atoms. The first kappa shape index (κ1) is 18.3. The molecule has 1 aliphatic rings. The molecule has 4 aromatic rings. The van der Waals surface area contributed by atoms with Crippen LogP contribution < -0.4 is 10.9 Å². The Morgan fingerprint density at radius 1 is 1.27 bits per heavy atom. The SMILES string of the molecule is Cc1ccc(NC(=O)C2CCc3ncccc32)nc1-c1cn(C)c(=O)c2[nH]ccc12. The maximum atomic E-state index is 13.0. The second-order valence-corrected chi connectivity index (χ2v) is 7.71. The monoisotopic (exact) mass is 399 g/mol. The van der Waals surface area contributed by atoms with Crippen LogP contribution in [0.5, 0.6) is 0 Å². The van der Waals surface area contributed by atoms with E-state index >= 15 is 0 Å². The van der Waals surface area contributed by atoms with Crippen molar-refractivity contribution in [3.05, 3.63) is 76.1 Å². The van der Waals surface area contributed by atoms with Gasteiger partial charge in [-0.05, 0) is 49.1 Å². The summed E-state index contributed by atoms with van der Waals surface area (Å²) in [6.45, 7) is 1.97. The summed E-state index contributed by atoms with van der Waals surface area (Å²) in [7, 11) is 1.72. The van der Waals surface area contributed by atoms with Crippen molar-refractivity contribution in [2.45, 2.75) is 25.7 Å². The summed E-state index contributed by atoms with van der Waals surface area (Å²) in [6.07, 6.45) is 6.87. The van der Waals surface area contributed by atoms with Gasteiger partial charge in [0.15, 0.2) is 0 Å². The van der Waals surface area contributed by atoms with Crippen molar-refractivity contribution in [2.24, 2.45) is 7.05 Å². The normalized spacial score (nSPS) is 15.3. The fourth-order valence-corrected chi connectivity index (χ4v) is 4.23. The standard InChI is InChI=1S/C23H21N5O2/c1-13-5-8-19(27-22(29)16-6-7-18-14(16)4-3-10-24-18)26-20(13)17-12-28(2)23(30)21-15(17)9-11-25-21/h3-5,8-12,16,25H,6-7H2,1-2H3,(H,26,27,29). The number of H-pyrrole nitrogens is 1. The first-order valence-electron chi connectivity index (χ1n) is 9.92. The van der Waals surface area contributed by atoms with Crippen LogP contribution in [-0.4, -0.2) is 25.4 Å². The number of amides is 1. The minimum Gasteiger partial charge on any atom is -0.357 e. The second-order valence-electron chi connectivity index (χ2n) is 7.71. The summed E-state index contributed by atoms with van der Waals surface area (Å²) in [5.41, 5.74) is 4.99. The number of carbonyl (C=O) groups excluding carboxylic acids is 1. The molecule has 1 aliphatic carbocycles. The molecule has 1 atom stereocenters. The van der Waals surface area contributed by atoms with E-state index in [1.165, 1.54) is 0 Å². The van der Waals surface area contributed by atoms with Crippen LogP contribution >= 0.6 is 0 Å². The Labute approximate surface area is 172 Å². The van der Waals surface area contributed by atoms with Crippen molar-refractivity contribution < 1.29 is 4.79 Å². The largest absolute Gasteiger partial charge is 0.357 e. The summed E-state index contributed by atoms with van der Waals surface area (Å²) in [5, 5.41) is 3.79. The third-order valence-corrected chi connectivity index (χ3v) is 5.78. The molecule has 0 spiro atoms. The molecule has 7 heteroatoms. The van der Waals surface area contributed by atoms with Crippen molar-refractivity contribution in [2.75, 3.05) is 5.32 Å². The van der Waals surface area contributed by atoms with Crippen LogP contribution in [0.15, 0.2) is 53.7 Å². The summed E-state index contributed by atoms with van der Waals surface area (Å²) in [5.74, 6) is 0.209. The predicted molar refractivity (Wildman–Crippen MR) is 115 cm³/mol.